The number of carboxylic acids is 5. The normalized spacial score (nSPS) is 12.8. The van der Waals surface area contributed by atoms with Gasteiger partial charge in [0.25, 0.3) is 0 Å². The van der Waals surface area contributed by atoms with Crippen LogP contribution < -0.4 is 45.9 Å². The number of rotatable bonds is 16. The van der Waals surface area contributed by atoms with E-state index in [4.69, 9.17) is 71.4 Å². The molecule has 0 unspecified atom stereocenters. The summed E-state index contributed by atoms with van der Waals surface area (Å²) in [4.78, 5) is 50.4. The highest BCUT2D eigenvalue weighted by Gasteiger charge is 2.28. The van der Waals surface area contributed by atoms with Crippen LogP contribution >= 0.6 is 0 Å². The molecule has 0 radical (unpaired) electrons. The third-order valence-electron chi connectivity index (χ3n) is 6.35. The van der Waals surface area contributed by atoms with Crippen LogP contribution in [-0.2, 0) is 36.8 Å². The lowest BCUT2D eigenvalue weighted by Gasteiger charge is -2.10. The second-order valence-corrected chi connectivity index (χ2v) is 10.7. The van der Waals surface area contributed by atoms with Gasteiger partial charge in [-0.3, -0.25) is 24.0 Å². The van der Waals surface area contributed by atoms with Crippen molar-refractivity contribution in [1.82, 2.24) is 0 Å². The van der Waals surface area contributed by atoms with Crippen molar-refractivity contribution in [2.75, 3.05) is 19.6 Å². The number of benzene rings is 2. The minimum atomic E-state index is -2.30. The van der Waals surface area contributed by atoms with E-state index in [1.165, 1.54) is 0 Å². The van der Waals surface area contributed by atoms with Gasteiger partial charge in [0.1, 0.15) is 30.2 Å². The summed E-state index contributed by atoms with van der Waals surface area (Å²) >= 11 is 0. The van der Waals surface area contributed by atoms with Crippen molar-refractivity contribution >= 4 is 29.8 Å². The number of hydrogen-bond acceptors (Lipinski definition) is 13. The third-order valence-corrected chi connectivity index (χ3v) is 6.35. The van der Waals surface area contributed by atoms with E-state index in [1.807, 2.05) is 30.3 Å². The second-order valence-electron chi connectivity index (χ2n) is 10.7. The minimum absolute atomic E-state index is 0.00463. The molecule has 0 spiro atoms. The lowest BCUT2D eigenvalue weighted by Crippen LogP contribution is -2.37. The molecular weight excluding hydrogens is 739 g/mol. The Bertz CT molecular complexity index is 1420. The summed E-state index contributed by atoms with van der Waals surface area (Å²) < 4.78 is 64.1. The van der Waals surface area contributed by atoms with Gasteiger partial charge < -0.3 is 71.4 Å². The molecule has 0 heterocycles. The van der Waals surface area contributed by atoms with Gasteiger partial charge >= 0.3 is 29.8 Å². The number of carbonyl (C=O) groups is 5. The van der Waals surface area contributed by atoms with E-state index in [9.17, 15) is 45.9 Å². The fraction of sp³-hybridized carbons (Fsp3) is 0.452. The van der Waals surface area contributed by atoms with Gasteiger partial charge in [-0.05, 0) is 50.8 Å². The third kappa shape index (κ3) is 23.6. The van der Waals surface area contributed by atoms with E-state index >= 15 is 0 Å². The van der Waals surface area contributed by atoms with Crippen molar-refractivity contribution < 1.29 is 71.5 Å². The summed E-state index contributed by atoms with van der Waals surface area (Å²) in [5, 5.41) is 41.3. The predicted molar refractivity (Wildman–Crippen MR) is 184 cm³/mol. The molecule has 0 saturated heterocycles. The molecule has 0 bridgehead atoms. The maximum Gasteiger partial charge on any atom is 0.321 e. The number of carboxylic acid groups (broad SMARTS) is 5. The summed E-state index contributed by atoms with van der Waals surface area (Å²) in [6.07, 6.45) is 1.68. The van der Waals surface area contributed by atoms with Crippen LogP contribution in [-0.4, -0.2) is 105 Å². The summed E-state index contributed by atoms with van der Waals surface area (Å²) in [6, 6.07) is 4.78. The molecule has 0 saturated carbocycles. The monoisotopic (exact) mass is 788 g/mol. The number of aliphatic carboxylic acids is 5. The molecule has 2 rings (SSSR count). The molecule has 18 nitrogen and oxygen atoms in total. The largest absolute Gasteiger partial charge is 0.480 e. The lowest BCUT2D eigenvalue weighted by molar-refractivity contribution is -0.139. The van der Waals surface area contributed by atoms with Crippen molar-refractivity contribution in [3.63, 3.8) is 0 Å². The molecule has 2 aromatic rings. The first-order valence-corrected chi connectivity index (χ1v) is 15.6. The molecule has 2 aromatic carbocycles. The molecule has 0 aliphatic rings. The Morgan fingerprint density at radius 2 is 0.870 bits per heavy atom. The summed E-state index contributed by atoms with van der Waals surface area (Å²) in [7, 11) is 0. The Labute approximate surface area is 306 Å². The van der Waals surface area contributed by atoms with Gasteiger partial charge in [-0.15, -0.1) is 0 Å². The van der Waals surface area contributed by atoms with E-state index in [1.54, 1.807) is 0 Å². The van der Waals surface area contributed by atoms with Gasteiger partial charge in [-0.1, -0.05) is 30.3 Å². The van der Waals surface area contributed by atoms with Crippen LogP contribution in [0.1, 0.15) is 36.8 Å². The highest BCUT2D eigenvalue weighted by atomic mass is 19.2. The second kappa shape index (κ2) is 29.6. The zero-order valence-corrected chi connectivity index (χ0v) is 28.9. The standard InChI is InChI=1S/C10H13NO2.C9H6F5NO2.C5H12N2O2.C4H10N2O2.C3H8N2O2/c11-9(10(12)13)7-6-8-4-2-1-3-5-8;10-4-2(1-3(15)9(16)17)5(11)7(13)8(14)6(4)12;6-3-1-2-4(7)5(8)9;5-2-1-3(6)4(7)8;4-1-2(5)3(6)7/h1-5,9H,6-7,11H2,(H,12,13);3H,1,15H2,(H,16,17);4H,1-3,6-7H2,(H,8,9);3H,1-2,5-6H2,(H,7,8);2H,1,4-5H2,(H,6,7)/t9-;3-;4-;3-;2-/m00000/s1. The molecule has 0 aromatic heterocycles. The first-order chi connectivity index (χ1) is 25.0. The molecule has 0 amide bonds. The van der Waals surface area contributed by atoms with Gasteiger partial charge in [-0.25, -0.2) is 22.0 Å². The molecule has 5 atom stereocenters. The maximum absolute atomic E-state index is 13.1. The molecule has 54 heavy (non-hydrogen) atoms. The van der Waals surface area contributed by atoms with Gasteiger partial charge in [0, 0.05) is 18.5 Å². The number of hydrogen-bond donors (Lipinski definition) is 13. The van der Waals surface area contributed by atoms with Crippen LogP contribution in [0.2, 0.25) is 0 Å². The van der Waals surface area contributed by atoms with Gasteiger partial charge in [0.15, 0.2) is 23.3 Å². The highest BCUT2D eigenvalue weighted by molar-refractivity contribution is 5.74. The van der Waals surface area contributed by atoms with Crippen LogP contribution in [0.3, 0.4) is 0 Å². The predicted octanol–water partition coefficient (Wildman–Crippen LogP) is -1.39. The summed E-state index contributed by atoms with van der Waals surface area (Å²) in [5.74, 6) is -16.2. The quantitative estimate of drug-likeness (QED) is 0.0529. The lowest BCUT2D eigenvalue weighted by atomic mass is 10.0. The zero-order chi connectivity index (χ0) is 42.7. The Morgan fingerprint density at radius 1 is 0.500 bits per heavy atom. The van der Waals surface area contributed by atoms with E-state index in [-0.39, 0.29) is 6.54 Å². The van der Waals surface area contributed by atoms with Gasteiger partial charge in [0.2, 0.25) is 5.82 Å². The molecule has 0 aliphatic carbocycles. The number of halogens is 5. The SMILES string of the molecule is NCCC[C@H](N)C(=O)O.NCC[C@H](N)C(=O)O.NC[C@H](N)C(=O)O.N[C@@H](CCc1ccccc1)C(=O)O.N[C@@H](Cc1c(F)c(F)c(F)c(F)c1F)C(=O)O. The summed E-state index contributed by atoms with van der Waals surface area (Å²) in [5.41, 5.74) is 40.3. The topological polar surface area (TPSA) is 395 Å². The Kier molecular flexibility index (Phi) is 29.3. The van der Waals surface area contributed by atoms with Crippen molar-refractivity contribution in [1.29, 1.82) is 0 Å². The highest BCUT2D eigenvalue weighted by Crippen LogP contribution is 2.23. The Hall–Kier alpha value is -4.88. The first-order valence-electron chi connectivity index (χ1n) is 15.6. The fourth-order valence-electron chi connectivity index (χ4n) is 3.09. The average Bonchev–Trinajstić information content (AvgIpc) is 3.13. The van der Waals surface area contributed by atoms with Crippen LogP contribution in [0.5, 0.6) is 0 Å². The van der Waals surface area contributed by atoms with Crippen molar-refractivity contribution in [3.8, 4) is 0 Å². The van der Waals surface area contributed by atoms with Crippen LogP contribution in [0, 0.1) is 29.1 Å². The number of nitrogens with two attached hydrogens (primary N) is 8. The van der Waals surface area contributed by atoms with Crippen molar-refractivity contribution in [2.24, 2.45) is 45.9 Å². The molecule has 21 N–H and O–H groups in total. The minimum Gasteiger partial charge on any atom is -0.480 e. The van der Waals surface area contributed by atoms with Gasteiger partial charge in [0.05, 0.1) is 0 Å². The van der Waals surface area contributed by atoms with Crippen LogP contribution in [0.15, 0.2) is 30.3 Å². The Morgan fingerprint density at radius 3 is 1.19 bits per heavy atom. The molecule has 0 aliphatic heterocycles. The fourth-order valence-corrected chi connectivity index (χ4v) is 3.09. The van der Waals surface area contributed by atoms with Crippen molar-refractivity contribution in [3.05, 3.63) is 70.5 Å². The van der Waals surface area contributed by atoms with E-state index in [0.29, 0.717) is 45.2 Å². The van der Waals surface area contributed by atoms with Gasteiger partial charge in [-0.2, -0.15) is 0 Å². The molecule has 308 valence electrons. The van der Waals surface area contributed by atoms with Crippen LogP contribution in [0.25, 0.3) is 0 Å². The van der Waals surface area contributed by atoms with E-state index in [2.05, 4.69) is 0 Å². The van der Waals surface area contributed by atoms with E-state index < -0.39 is 101 Å². The number of aryl methyl sites for hydroxylation is 1. The zero-order valence-electron chi connectivity index (χ0n) is 28.9. The molecule has 0 fully saturated rings. The average molecular weight is 789 g/mol. The first kappa shape index (κ1) is 53.5. The smallest absolute Gasteiger partial charge is 0.321 e. The molecular formula is C31H49F5N8O10. The molecule has 23 heteroatoms. The van der Waals surface area contributed by atoms with Crippen molar-refractivity contribution in [2.45, 2.75) is 68.7 Å². The maximum atomic E-state index is 13.1. The Balaban J connectivity index is -0.000000629. The van der Waals surface area contributed by atoms with Crippen LogP contribution in [0.4, 0.5) is 22.0 Å². The van der Waals surface area contributed by atoms with E-state index in [0.717, 1.165) is 5.56 Å². The summed E-state index contributed by atoms with van der Waals surface area (Å²) in [6.45, 7) is 0.823.